The molecule has 9 rings (SSSR count). The highest BCUT2D eigenvalue weighted by Gasteiger charge is 2.21. The molecule has 0 aliphatic rings. The van der Waals surface area contributed by atoms with Crippen molar-refractivity contribution in [2.45, 2.75) is 0 Å². The van der Waals surface area contributed by atoms with Gasteiger partial charge in [0.15, 0.2) is 0 Å². The molecule has 1 heteroatoms. The molecule has 8 aromatic carbocycles. The lowest BCUT2D eigenvalue weighted by molar-refractivity contribution is 0.669. The first-order valence-corrected chi connectivity index (χ1v) is 14.5. The number of hydrogen-bond donors (Lipinski definition) is 0. The van der Waals surface area contributed by atoms with E-state index in [0.717, 1.165) is 32.7 Å². The summed E-state index contributed by atoms with van der Waals surface area (Å²) < 4.78 is 101. The molecule has 1 aromatic heterocycles. The van der Waals surface area contributed by atoms with Crippen molar-refractivity contribution < 1.29 is 19.5 Å². The maximum Gasteiger partial charge on any atom is 0.136 e. The van der Waals surface area contributed by atoms with Gasteiger partial charge < -0.3 is 4.42 Å². The van der Waals surface area contributed by atoms with E-state index in [-0.39, 0.29) is 63.8 Å². The molecule has 0 unspecified atom stereocenters. The summed E-state index contributed by atoms with van der Waals surface area (Å²) in [5.41, 5.74) is 4.33. The zero-order valence-electron chi connectivity index (χ0n) is 34.7. The summed E-state index contributed by atoms with van der Waals surface area (Å²) in [5, 5.41) is 3.44. The average molecular weight is 584 g/mol. The third kappa shape index (κ3) is 4.17. The minimum absolute atomic E-state index is 0.00726. The largest absolute Gasteiger partial charge is 0.456 e. The maximum absolute atomic E-state index is 9.83. The quantitative estimate of drug-likeness (QED) is 0.188. The van der Waals surface area contributed by atoms with Crippen LogP contribution in [0.15, 0.2) is 174 Å². The summed E-state index contributed by atoms with van der Waals surface area (Å²) in [5.74, 6) is 0. The Bertz CT molecular complexity index is 3050. The third-order valence-electron chi connectivity index (χ3n) is 8.28. The second-order valence-corrected chi connectivity index (χ2v) is 10.8. The Labute approximate surface area is 277 Å². The van der Waals surface area contributed by atoms with E-state index in [0.29, 0.717) is 27.8 Å². The van der Waals surface area contributed by atoms with Gasteiger partial charge in [0.2, 0.25) is 0 Å². The summed E-state index contributed by atoms with van der Waals surface area (Å²) in [7, 11) is 0. The van der Waals surface area contributed by atoms with Crippen LogP contribution in [0.1, 0.15) is 15.1 Å². The van der Waals surface area contributed by atoms with Gasteiger partial charge in [-0.2, -0.15) is 0 Å². The summed E-state index contributed by atoms with van der Waals surface area (Å²) in [6.45, 7) is 0. The van der Waals surface area contributed by atoms with Gasteiger partial charge in [-0.15, -0.1) is 0 Å². The van der Waals surface area contributed by atoms with Crippen molar-refractivity contribution in [3.05, 3.63) is 170 Å². The molecule has 0 fully saturated rings. The van der Waals surface area contributed by atoms with E-state index < -0.39 is 30.2 Å². The third-order valence-corrected chi connectivity index (χ3v) is 8.28. The van der Waals surface area contributed by atoms with Gasteiger partial charge in [0.1, 0.15) is 11.2 Å². The predicted molar refractivity (Wildman–Crippen MR) is 190 cm³/mol. The summed E-state index contributed by atoms with van der Waals surface area (Å²) in [4.78, 5) is 0. The zero-order valence-corrected chi connectivity index (χ0v) is 23.7. The molecule has 0 radical (unpaired) electrons. The van der Waals surface area contributed by atoms with E-state index in [1.165, 1.54) is 0 Å². The highest BCUT2D eigenvalue weighted by molar-refractivity contribution is 6.23. The van der Waals surface area contributed by atoms with Gasteiger partial charge in [-0.1, -0.05) is 151 Å². The van der Waals surface area contributed by atoms with Crippen LogP contribution in [-0.4, -0.2) is 0 Å². The molecule has 0 saturated heterocycles. The van der Waals surface area contributed by atoms with Crippen LogP contribution in [0.4, 0.5) is 0 Å². The summed E-state index contributed by atoms with van der Waals surface area (Å²) >= 11 is 0. The first-order chi connectivity index (χ1) is 26.9. The highest BCUT2D eigenvalue weighted by atomic mass is 16.3. The van der Waals surface area contributed by atoms with Crippen LogP contribution < -0.4 is 0 Å². The molecule has 1 heterocycles. The molecule has 0 atom stereocenters. The lowest BCUT2D eigenvalue weighted by Crippen LogP contribution is -1.93. The monoisotopic (exact) mass is 583 g/mol. The van der Waals surface area contributed by atoms with Crippen molar-refractivity contribution in [2.24, 2.45) is 0 Å². The van der Waals surface area contributed by atoms with Crippen LogP contribution in [-0.2, 0) is 0 Å². The van der Waals surface area contributed by atoms with E-state index in [1.54, 1.807) is 12.1 Å². The maximum atomic E-state index is 9.83. The molecular weight excluding hydrogens is 544 g/mol. The van der Waals surface area contributed by atoms with E-state index in [9.17, 15) is 2.74 Å². The fourth-order valence-corrected chi connectivity index (χ4v) is 6.31. The minimum Gasteiger partial charge on any atom is -0.456 e. The van der Waals surface area contributed by atoms with E-state index >= 15 is 0 Å². The molecular formula is C44H28O. The Morgan fingerprint density at radius 1 is 0.356 bits per heavy atom. The van der Waals surface area contributed by atoms with Crippen LogP contribution in [0.2, 0.25) is 0 Å². The Morgan fingerprint density at radius 2 is 0.933 bits per heavy atom. The average Bonchev–Trinajstić information content (AvgIpc) is 3.64. The van der Waals surface area contributed by atoms with Crippen LogP contribution in [0.3, 0.4) is 0 Å². The minimum atomic E-state index is -0.461. The second-order valence-electron chi connectivity index (χ2n) is 10.8. The molecule has 9 aromatic rings. The van der Waals surface area contributed by atoms with Crippen molar-refractivity contribution >= 4 is 43.5 Å². The number of hydrogen-bond acceptors (Lipinski definition) is 1. The second kappa shape index (κ2) is 10.4. The van der Waals surface area contributed by atoms with Gasteiger partial charge in [-0.05, 0) is 84.2 Å². The highest BCUT2D eigenvalue weighted by Crippen LogP contribution is 2.48. The first kappa shape index (κ1) is 16.8. The molecule has 1 nitrogen and oxygen atoms in total. The molecule has 0 spiro atoms. The molecule has 0 saturated carbocycles. The van der Waals surface area contributed by atoms with Gasteiger partial charge in [-0.25, -0.2) is 0 Å². The fourth-order valence-electron chi connectivity index (χ4n) is 6.31. The number of furan rings is 1. The molecule has 0 aliphatic heterocycles. The van der Waals surface area contributed by atoms with E-state index in [2.05, 4.69) is 0 Å². The van der Waals surface area contributed by atoms with Crippen molar-refractivity contribution in [3.8, 4) is 44.5 Å². The molecule has 0 N–H and O–H groups in total. The normalized spacial score (nSPS) is 15.0. The van der Waals surface area contributed by atoms with Crippen molar-refractivity contribution in [3.63, 3.8) is 0 Å². The van der Waals surface area contributed by atoms with Crippen LogP contribution >= 0.6 is 0 Å². The van der Waals surface area contributed by atoms with Crippen molar-refractivity contribution in [2.75, 3.05) is 0 Å². The Hall–Kier alpha value is -5.92. The summed E-state index contributed by atoms with van der Waals surface area (Å²) in [6.07, 6.45) is 0. The molecule has 210 valence electrons. The smallest absolute Gasteiger partial charge is 0.136 e. The lowest BCUT2D eigenvalue weighted by Gasteiger charge is -2.20. The fraction of sp³-hybridized carbons (Fsp3) is 0. The van der Waals surface area contributed by atoms with Gasteiger partial charge in [0, 0.05) is 10.8 Å². The number of fused-ring (bicyclic) bond motifs is 5. The zero-order chi connectivity index (χ0) is 39.3. The standard InChI is InChI=1S/C44H28O/c1-3-13-29(14-4-1)30-23-25-32(26-24-30)43-34-18-7-9-20-36(34)44(37-21-10-8-19-35(37)43)40-28-42-39(33-17-11-12-22-41(33)45-42)27-38(40)31-15-5-2-6-16-31/h1-28H/i1D,3D,4D,11D,12D,13D,14D,17D,22D,27D,28D. The van der Waals surface area contributed by atoms with Crippen LogP contribution in [0, 0.1) is 0 Å². The molecule has 0 aliphatic carbocycles. The Kier molecular flexibility index (Phi) is 3.87. The van der Waals surface area contributed by atoms with Crippen LogP contribution in [0.25, 0.3) is 88.0 Å². The Balaban J connectivity index is 1.38. The number of benzene rings is 8. The van der Waals surface area contributed by atoms with Gasteiger partial charge in [-0.3, -0.25) is 0 Å². The molecule has 0 amide bonds. The molecule has 0 bridgehead atoms. The number of rotatable bonds is 4. The molecule has 45 heavy (non-hydrogen) atoms. The first-order valence-electron chi connectivity index (χ1n) is 20.0. The van der Waals surface area contributed by atoms with E-state index in [1.807, 2.05) is 91.0 Å². The van der Waals surface area contributed by atoms with E-state index in [4.69, 9.17) is 16.8 Å². The SMILES string of the molecule is [2H]c1c([2H])c([2H])c(-c2ccc(-c3c4ccccc4c(-c4c(-c5ccccc5)c([2H])c5c(oc6c([2H])c([2H])c([2H])c([2H])c65)c4[2H])c4ccccc34)cc2)c([2H])c1[2H]. The predicted octanol–water partition coefficient (Wildman–Crippen LogP) is 12.6. The Morgan fingerprint density at radius 3 is 1.62 bits per heavy atom. The summed E-state index contributed by atoms with van der Waals surface area (Å²) in [6, 6.07) is 28.5. The van der Waals surface area contributed by atoms with Gasteiger partial charge in [0.25, 0.3) is 0 Å². The number of para-hydroxylation sites is 1. The van der Waals surface area contributed by atoms with Gasteiger partial charge in [0.05, 0.1) is 15.1 Å². The topological polar surface area (TPSA) is 13.1 Å². The van der Waals surface area contributed by atoms with Crippen molar-refractivity contribution in [1.82, 2.24) is 0 Å². The van der Waals surface area contributed by atoms with Crippen molar-refractivity contribution in [1.29, 1.82) is 0 Å². The van der Waals surface area contributed by atoms with Gasteiger partial charge >= 0.3 is 0 Å². The van der Waals surface area contributed by atoms with Crippen LogP contribution in [0.5, 0.6) is 0 Å². The lowest BCUT2D eigenvalue weighted by atomic mass is 9.83.